The van der Waals surface area contributed by atoms with E-state index in [0.717, 1.165) is 0 Å². The molecular formula is C6H8N6. The van der Waals surface area contributed by atoms with Crippen molar-refractivity contribution in [2.75, 3.05) is 0 Å². The summed E-state index contributed by atoms with van der Waals surface area (Å²) in [6, 6.07) is -0.424. The van der Waals surface area contributed by atoms with E-state index in [1.807, 2.05) is 12.2 Å². The zero-order chi connectivity index (χ0) is 8.81. The lowest BCUT2D eigenvalue weighted by atomic mass is 9.98. The minimum absolute atomic E-state index is 0.212. The van der Waals surface area contributed by atoms with E-state index >= 15 is 0 Å². The molecule has 0 aromatic carbocycles. The van der Waals surface area contributed by atoms with Gasteiger partial charge in [0.2, 0.25) is 0 Å². The van der Waals surface area contributed by atoms with Crippen molar-refractivity contribution in [3.8, 4) is 0 Å². The fourth-order valence-electron chi connectivity index (χ4n) is 1.17. The van der Waals surface area contributed by atoms with Crippen molar-refractivity contribution in [1.82, 2.24) is 0 Å². The minimum Gasteiger partial charge on any atom is -0.0899 e. The smallest absolute Gasteiger partial charge is 0.0495 e. The summed E-state index contributed by atoms with van der Waals surface area (Å²) in [5.41, 5.74) is 16.4. The Morgan fingerprint density at radius 3 is 1.75 bits per heavy atom. The van der Waals surface area contributed by atoms with Crippen molar-refractivity contribution in [1.29, 1.82) is 0 Å². The van der Waals surface area contributed by atoms with Gasteiger partial charge in [0.05, 0.1) is 0 Å². The molecule has 1 aliphatic rings. The Kier molecular flexibility index (Phi) is 3.02. The van der Waals surface area contributed by atoms with Gasteiger partial charge in [-0.25, -0.2) is 0 Å². The fourth-order valence-corrected chi connectivity index (χ4v) is 1.17. The Labute approximate surface area is 69.1 Å². The van der Waals surface area contributed by atoms with Gasteiger partial charge in [0, 0.05) is 21.9 Å². The molecule has 0 aliphatic heterocycles. The Morgan fingerprint density at radius 2 is 1.42 bits per heavy atom. The molecule has 0 radical (unpaired) electrons. The molecule has 1 aliphatic carbocycles. The fraction of sp³-hybridized carbons (Fsp3) is 0.667. The Morgan fingerprint density at radius 1 is 1.00 bits per heavy atom. The van der Waals surface area contributed by atoms with Gasteiger partial charge in [0.15, 0.2) is 0 Å². The van der Waals surface area contributed by atoms with E-state index < -0.39 is 0 Å². The minimum atomic E-state index is -0.212. The highest BCUT2D eigenvalue weighted by Crippen LogP contribution is 2.18. The van der Waals surface area contributed by atoms with Crippen LogP contribution in [-0.4, -0.2) is 12.1 Å². The molecule has 0 saturated carbocycles. The monoisotopic (exact) mass is 164 g/mol. The van der Waals surface area contributed by atoms with E-state index in [1.54, 1.807) is 0 Å². The standard InChI is InChI=1S/C6H8N6/c7-11-9-5-3-1-2-4-6(5)10-12-8/h1-2,5-6H,3-4H2. The topological polar surface area (TPSA) is 97.5 Å². The highest BCUT2D eigenvalue weighted by Gasteiger charge is 2.19. The van der Waals surface area contributed by atoms with Crippen LogP contribution in [0.1, 0.15) is 12.8 Å². The lowest BCUT2D eigenvalue weighted by molar-refractivity contribution is 0.512. The average molecular weight is 164 g/mol. The van der Waals surface area contributed by atoms with Crippen LogP contribution >= 0.6 is 0 Å². The highest BCUT2D eigenvalue weighted by atomic mass is 15.2. The van der Waals surface area contributed by atoms with Crippen molar-refractivity contribution >= 4 is 0 Å². The van der Waals surface area contributed by atoms with Crippen molar-refractivity contribution in [3.63, 3.8) is 0 Å². The molecule has 12 heavy (non-hydrogen) atoms. The van der Waals surface area contributed by atoms with Gasteiger partial charge in [-0.15, -0.1) is 0 Å². The zero-order valence-electron chi connectivity index (χ0n) is 6.41. The second-order valence-electron chi connectivity index (χ2n) is 2.49. The first kappa shape index (κ1) is 8.46. The van der Waals surface area contributed by atoms with E-state index in [-0.39, 0.29) is 12.1 Å². The summed E-state index contributed by atoms with van der Waals surface area (Å²) in [6.07, 6.45) is 5.19. The third-order valence-electron chi connectivity index (χ3n) is 1.77. The van der Waals surface area contributed by atoms with E-state index in [2.05, 4.69) is 20.1 Å². The van der Waals surface area contributed by atoms with Crippen LogP contribution < -0.4 is 0 Å². The Balaban J connectivity index is 2.74. The van der Waals surface area contributed by atoms with Crippen LogP contribution in [0.5, 0.6) is 0 Å². The first-order chi connectivity index (χ1) is 5.88. The van der Waals surface area contributed by atoms with Gasteiger partial charge in [0.1, 0.15) is 0 Å². The predicted molar refractivity (Wildman–Crippen MR) is 44.2 cm³/mol. The summed E-state index contributed by atoms with van der Waals surface area (Å²) in [4.78, 5) is 5.40. The third-order valence-corrected chi connectivity index (χ3v) is 1.77. The molecule has 0 saturated heterocycles. The molecule has 6 heteroatoms. The number of nitrogens with zero attached hydrogens (tertiary/aromatic N) is 6. The maximum Gasteiger partial charge on any atom is 0.0495 e. The van der Waals surface area contributed by atoms with Crippen LogP contribution in [0.2, 0.25) is 0 Å². The highest BCUT2D eigenvalue weighted by molar-refractivity contribution is 5.01. The molecule has 2 unspecified atom stereocenters. The lowest BCUT2D eigenvalue weighted by Crippen LogP contribution is -2.22. The zero-order valence-corrected chi connectivity index (χ0v) is 6.41. The number of hydrogen-bond donors (Lipinski definition) is 0. The van der Waals surface area contributed by atoms with Crippen LogP contribution in [0.25, 0.3) is 20.9 Å². The van der Waals surface area contributed by atoms with Gasteiger partial charge < -0.3 is 0 Å². The molecule has 0 aromatic heterocycles. The normalized spacial score (nSPS) is 27.0. The molecule has 0 N–H and O–H groups in total. The molecule has 1 rings (SSSR count). The van der Waals surface area contributed by atoms with Crippen molar-refractivity contribution < 1.29 is 0 Å². The lowest BCUT2D eigenvalue weighted by Gasteiger charge is -2.19. The van der Waals surface area contributed by atoms with Crippen LogP contribution in [0, 0.1) is 0 Å². The SMILES string of the molecule is [N-]=[N+]=NC1CC=CCC1N=[N+]=[N-]. The van der Waals surface area contributed by atoms with Crippen LogP contribution in [0.4, 0.5) is 0 Å². The van der Waals surface area contributed by atoms with Crippen molar-refractivity contribution in [3.05, 3.63) is 33.0 Å². The summed E-state index contributed by atoms with van der Waals surface area (Å²) in [7, 11) is 0. The van der Waals surface area contributed by atoms with Crippen molar-refractivity contribution in [2.45, 2.75) is 24.9 Å². The van der Waals surface area contributed by atoms with Crippen molar-refractivity contribution in [2.24, 2.45) is 10.2 Å². The van der Waals surface area contributed by atoms with Crippen LogP contribution in [0.15, 0.2) is 22.4 Å². The predicted octanol–water partition coefficient (Wildman–Crippen LogP) is 2.69. The Hall–Kier alpha value is -1.64. The Bertz CT molecular complexity index is 242. The molecule has 0 bridgehead atoms. The first-order valence-electron chi connectivity index (χ1n) is 3.62. The van der Waals surface area contributed by atoms with E-state index in [0.29, 0.717) is 12.8 Å². The van der Waals surface area contributed by atoms with Crippen LogP contribution in [-0.2, 0) is 0 Å². The quantitative estimate of drug-likeness (QED) is 0.259. The molecule has 2 atom stereocenters. The van der Waals surface area contributed by atoms with E-state index in [4.69, 9.17) is 11.1 Å². The largest absolute Gasteiger partial charge is 0.0899 e. The second kappa shape index (κ2) is 4.28. The number of hydrogen-bond acceptors (Lipinski definition) is 2. The maximum atomic E-state index is 8.20. The van der Waals surface area contributed by atoms with Gasteiger partial charge in [-0.05, 0) is 23.9 Å². The second-order valence-corrected chi connectivity index (χ2v) is 2.49. The van der Waals surface area contributed by atoms with Gasteiger partial charge >= 0.3 is 0 Å². The summed E-state index contributed by atoms with van der Waals surface area (Å²) in [6.45, 7) is 0. The molecular weight excluding hydrogens is 156 g/mol. The number of azide groups is 2. The first-order valence-corrected chi connectivity index (χ1v) is 3.62. The molecule has 0 fully saturated rings. The third kappa shape index (κ3) is 1.92. The number of rotatable bonds is 2. The summed E-state index contributed by atoms with van der Waals surface area (Å²) >= 11 is 0. The van der Waals surface area contributed by atoms with Gasteiger partial charge in [-0.3, -0.25) is 0 Å². The van der Waals surface area contributed by atoms with Crippen LogP contribution in [0.3, 0.4) is 0 Å². The van der Waals surface area contributed by atoms with Gasteiger partial charge in [-0.1, -0.05) is 22.4 Å². The van der Waals surface area contributed by atoms with Gasteiger partial charge in [0.25, 0.3) is 0 Å². The van der Waals surface area contributed by atoms with E-state index in [1.165, 1.54) is 0 Å². The molecule has 62 valence electrons. The summed E-state index contributed by atoms with van der Waals surface area (Å²) in [5.74, 6) is 0. The molecule has 0 amide bonds. The molecule has 0 spiro atoms. The maximum absolute atomic E-state index is 8.20. The average Bonchev–Trinajstić information content (AvgIpc) is 2.09. The van der Waals surface area contributed by atoms with E-state index in [9.17, 15) is 0 Å². The summed E-state index contributed by atoms with van der Waals surface area (Å²) in [5, 5.41) is 7.10. The summed E-state index contributed by atoms with van der Waals surface area (Å²) < 4.78 is 0. The van der Waals surface area contributed by atoms with Gasteiger partial charge in [-0.2, -0.15) is 0 Å². The molecule has 0 heterocycles. The molecule has 0 aromatic rings. The molecule has 6 nitrogen and oxygen atoms in total.